The lowest BCUT2D eigenvalue weighted by Gasteiger charge is -2.07. The van der Waals surface area contributed by atoms with Gasteiger partial charge < -0.3 is 4.18 Å². The molecule has 0 radical (unpaired) electrons. The molecule has 0 bridgehead atoms. The molecular weight excluding hydrogens is 338 g/mol. The van der Waals surface area contributed by atoms with Crippen LogP contribution in [0.2, 0.25) is 0 Å². The van der Waals surface area contributed by atoms with Crippen molar-refractivity contribution in [1.29, 1.82) is 0 Å². The molecule has 22 heavy (non-hydrogen) atoms. The Balaban J connectivity index is 2.64. The molecule has 0 aliphatic carbocycles. The minimum Gasteiger partial charge on any atom is -0.382 e. The maximum Gasteiger partial charge on any atom is 0.309 e. The molecule has 0 atom stereocenters. The van der Waals surface area contributed by atoms with Gasteiger partial charge in [0.1, 0.15) is 5.75 Å². The Kier molecular flexibility index (Phi) is 6.29. The summed E-state index contributed by atoms with van der Waals surface area (Å²) < 4.78 is 57.5. The van der Waals surface area contributed by atoms with Gasteiger partial charge in [-0.25, -0.2) is 5.48 Å². The van der Waals surface area contributed by atoms with Gasteiger partial charge >= 0.3 is 10.1 Å². The molecular formula is C11H15NO8S2. The van der Waals surface area contributed by atoms with Crippen LogP contribution in [0.15, 0.2) is 24.3 Å². The molecule has 9 nitrogen and oxygen atoms in total. The predicted molar refractivity (Wildman–Crippen MR) is 76.4 cm³/mol. The molecule has 1 rings (SSSR count). The SMILES string of the molecule is CONC(=O)c1ccc(OS(=O)(=O)CCCS(=O)(=O)O)cc1. The normalized spacial score (nSPS) is 11.9. The highest BCUT2D eigenvalue weighted by Gasteiger charge is 2.15. The van der Waals surface area contributed by atoms with Crippen molar-refractivity contribution < 1.29 is 35.2 Å². The van der Waals surface area contributed by atoms with Gasteiger partial charge in [0.2, 0.25) is 0 Å². The topological polar surface area (TPSA) is 136 Å². The zero-order valence-corrected chi connectivity index (χ0v) is 13.2. The minimum atomic E-state index is -4.22. The van der Waals surface area contributed by atoms with Crippen molar-refractivity contribution >= 4 is 26.1 Å². The molecule has 0 saturated heterocycles. The minimum absolute atomic E-state index is 0.0270. The summed E-state index contributed by atoms with van der Waals surface area (Å²) in [5, 5.41) is 0. The molecule has 0 aromatic heterocycles. The number of hydrogen-bond donors (Lipinski definition) is 2. The summed E-state index contributed by atoms with van der Waals surface area (Å²) in [5.74, 6) is -1.78. The Morgan fingerprint density at radius 1 is 1.14 bits per heavy atom. The number of hydroxylamine groups is 1. The fourth-order valence-electron chi connectivity index (χ4n) is 1.42. The monoisotopic (exact) mass is 353 g/mol. The molecule has 0 saturated carbocycles. The first-order chi connectivity index (χ1) is 10.1. The quantitative estimate of drug-likeness (QED) is 0.377. The van der Waals surface area contributed by atoms with E-state index < -0.39 is 37.6 Å². The van der Waals surface area contributed by atoms with Gasteiger partial charge in [0, 0.05) is 5.56 Å². The van der Waals surface area contributed by atoms with Crippen LogP contribution in [-0.4, -0.2) is 45.9 Å². The van der Waals surface area contributed by atoms with Gasteiger partial charge in [-0.3, -0.25) is 14.2 Å². The van der Waals surface area contributed by atoms with Crippen LogP contribution in [0.4, 0.5) is 0 Å². The van der Waals surface area contributed by atoms with Crippen molar-refractivity contribution in [3.8, 4) is 5.75 Å². The summed E-state index contributed by atoms with van der Waals surface area (Å²) in [6, 6.07) is 5.20. The Morgan fingerprint density at radius 3 is 2.23 bits per heavy atom. The molecule has 1 amide bonds. The smallest absolute Gasteiger partial charge is 0.309 e. The van der Waals surface area contributed by atoms with Gasteiger partial charge in [-0.1, -0.05) is 0 Å². The van der Waals surface area contributed by atoms with Crippen LogP contribution in [0.3, 0.4) is 0 Å². The second kappa shape index (κ2) is 7.54. The highest BCUT2D eigenvalue weighted by atomic mass is 32.2. The van der Waals surface area contributed by atoms with E-state index in [0.717, 1.165) is 0 Å². The van der Waals surface area contributed by atoms with Gasteiger partial charge in [-0.15, -0.1) is 0 Å². The number of carbonyl (C=O) groups is 1. The first-order valence-corrected chi connectivity index (χ1v) is 9.12. The lowest BCUT2D eigenvalue weighted by molar-refractivity contribution is 0.0537. The molecule has 0 spiro atoms. The zero-order chi connectivity index (χ0) is 16.8. The van der Waals surface area contributed by atoms with Gasteiger partial charge in [0.15, 0.2) is 0 Å². The van der Waals surface area contributed by atoms with Crippen LogP contribution in [0.25, 0.3) is 0 Å². The van der Waals surface area contributed by atoms with Gasteiger partial charge in [0.05, 0.1) is 18.6 Å². The van der Waals surface area contributed by atoms with Crippen molar-refractivity contribution in [3.63, 3.8) is 0 Å². The maximum atomic E-state index is 11.6. The molecule has 1 aromatic rings. The number of nitrogens with one attached hydrogen (secondary N) is 1. The molecule has 2 N–H and O–H groups in total. The van der Waals surface area contributed by atoms with E-state index in [2.05, 4.69) is 10.3 Å². The van der Waals surface area contributed by atoms with E-state index in [1.165, 1.54) is 31.4 Å². The standard InChI is InChI=1S/C11H15NO8S2/c1-19-12-11(13)9-3-5-10(6-4-9)20-22(17,18)8-2-7-21(14,15)16/h3-6H,2,7-8H2,1H3,(H,12,13)(H,14,15,16). The Bertz CT molecular complexity index is 709. The van der Waals surface area contributed by atoms with E-state index in [4.69, 9.17) is 8.74 Å². The van der Waals surface area contributed by atoms with E-state index >= 15 is 0 Å². The number of amides is 1. The van der Waals surface area contributed by atoms with Crippen molar-refractivity contribution in [3.05, 3.63) is 29.8 Å². The van der Waals surface area contributed by atoms with E-state index in [9.17, 15) is 21.6 Å². The predicted octanol–water partition coefficient (Wildman–Crippen LogP) is -0.0357. The van der Waals surface area contributed by atoms with Gasteiger partial charge in [-0.05, 0) is 30.7 Å². The molecule has 0 aliphatic heterocycles. The van der Waals surface area contributed by atoms with E-state index in [0.29, 0.717) is 0 Å². The Hall–Kier alpha value is -1.69. The third-order valence-electron chi connectivity index (χ3n) is 2.33. The van der Waals surface area contributed by atoms with Gasteiger partial charge in [-0.2, -0.15) is 16.8 Å². The van der Waals surface area contributed by atoms with Crippen molar-refractivity contribution in [2.75, 3.05) is 18.6 Å². The molecule has 124 valence electrons. The highest BCUT2D eigenvalue weighted by molar-refractivity contribution is 7.87. The van der Waals surface area contributed by atoms with Gasteiger partial charge in [0.25, 0.3) is 16.0 Å². The fourth-order valence-corrected chi connectivity index (χ4v) is 3.10. The summed E-state index contributed by atoms with van der Waals surface area (Å²) >= 11 is 0. The third kappa shape index (κ3) is 6.85. The summed E-state index contributed by atoms with van der Waals surface area (Å²) in [4.78, 5) is 15.8. The number of carbonyl (C=O) groups excluding carboxylic acids is 1. The highest BCUT2D eigenvalue weighted by Crippen LogP contribution is 2.15. The van der Waals surface area contributed by atoms with E-state index in [1.54, 1.807) is 0 Å². The largest absolute Gasteiger partial charge is 0.382 e. The average Bonchev–Trinajstić information content (AvgIpc) is 2.37. The zero-order valence-electron chi connectivity index (χ0n) is 11.6. The summed E-state index contributed by atoms with van der Waals surface area (Å²) in [7, 11) is -6.95. The summed E-state index contributed by atoms with van der Waals surface area (Å²) in [6.07, 6.45) is -0.296. The Labute approximate surface area is 128 Å². The first kappa shape index (κ1) is 18.4. The van der Waals surface area contributed by atoms with E-state index in [1.807, 2.05) is 0 Å². The van der Waals surface area contributed by atoms with Crippen LogP contribution >= 0.6 is 0 Å². The van der Waals surface area contributed by atoms with Crippen LogP contribution in [0.1, 0.15) is 16.8 Å². The fraction of sp³-hybridized carbons (Fsp3) is 0.364. The molecule has 0 heterocycles. The molecule has 1 aromatic carbocycles. The summed E-state index contributed by atoms with van der Waals surface area (Å²) in [6.45, 7) is 0. The van der Waals surface area contributed by atoms with E-state index in [-0.39, 0.29) is 17.7 Å². The Morgan fingerprint density at radius 2 is 1.73 bits per heavy atom. The summed E-state index contributed by atoms with van der Waals surface area (Å²) in [5.41, 5.74) is 2.33. The van der Waals surface area contributed by atoms with Crippen molar-refractivity contribution in [2.24, 2.45) is 0 Å². The van der Waals surface area contributed by atoms with Crippen LogP contribution in [-0.2, 0) is 25.1 Å². The first-order valence-electron chi connectivity index (χ1n) is 5.94. The van der Waals surface area contributed by atoms with Crippen LogP contribution < -0.4 is 9.66 Å². The lowest BCUT2D eigenvalue weighted by atomic mass is 10.2. The lowest BCUT2D eigenvalue weighted by Crippen LogP contribution is -2.21. The molecule has 0 fully saturated rings. The molecule has 0 unspecified atom stereocenters. The second-order valence-electron chi connectivity index (χ2n) is 4.14. The number of rotatable bonds is 8. The van der Waals surface area contributed by atoms with Crippen LogP contribution in [0, 0.1) is 0 Å². The van der Waals surface area contributed by atoms with Crippen LogP contribution in [0.5, 0.6) is 5.75 Å². The second-order valence-corrected chi connectivity index (χ2v) is 7.41. The number of hydrogen-bond acceptors (Lipinski definition) is 7. The number of benzene rings is 1. The maximum absolute atomic E-state index is 11.6. The van der Waals surface area contributed by atoms with Crippen molar-refractivity contribution in [2.45, 2.75) is 6.42 Å². The average molecular weight is 353 g/mol. The van der Waals surface area contributed by atoms with Crippen molar-refractivity contribution in [1.82, 2.24) is 5.48 Å². The third-order valence-corrected chi connectivity index (χ3v) is 4.37. The molecule has 0 aliphatic rings. The molecule has 11 heteroatoms.